The van der Waals surface area contributed by atoms with E-state index in [0.29, 0.717) is 32.6 Å². The number of rotatable bonds is 5. The summed E-state index contributed by atoms with van der Waals surface area (Å²) in [6.45, 7) is 4.64. The molecule has 0 bridgehead atoms. The van der Waals surface area contributed by atoms with Crippen LogP contribution in [0.25, 0.3) is 0 Å². The highest BCUT2D eigenvalue weighted by molar-refractivity contribution is 6.06. The molecule has 1 aliphatic heterocycles. The first-order chi connectivity index (χ1) is 9.07. The lowest BCUT2D eigenvalue weighted by molar-refractivity contribution is -0.149. The van der Waals surface area contributed by atoms with Crippen LogP contribution in [0, 0.1) is 5.41 Å². The van der Waals surface area contributed by atoms with E-state index in [2.05, 4.69) is 5.16 Å². The quantitative estimate of drug-likeness (QED) is 0.277. The number of aliphatic hydroxyl groups excluding tert-OH is 1. The van der Waals surface area contributed by atoms with E-state index < -0.39 is 5.41 Å². The first-order valence-electron chi connectivity index (χ1n) is 6.55. The molecule has 0 aliphatic carbocycles. The minimum absolute atomic E-state index is 0.0781. The molecular formula is C12H23N3O4. The van der Waals surface area contributed by atoms with Crippen LogP contribution in [0.15, 0.2) is 5.16 Å². The van der Waals surface area contributed by atoms with Gasteiger partial charge in [0.15, 0.2) is 5.84 Å². The van der Waals surface area contributed by atoms with E-state index in [1.807, 2.05) is 13.8 Å². The van der Waals surface area contributed by atoms with Gasteiger partial charge in [0.2, 0.25) is 5.91 Å². The van der Waals surface area contributed by atoms with E-state index in [-0.39, 0.29) is 24.4 Å². The molecule has 0 saturated carbocycles. The number of hydrogen-bond donors (Lipinski definition) is 3. The van der Waals surface area contributed by atoms with E-state index in [1.54, 1.807) is 4.90 Å². The summed E-state index contributed by atoms with van der Waals surface area (Å²) < 4.78 is 5.26. The predicted octanol–water partition coefficient (Wildman–Crippen LogP) is -0.241. The van der Waals surface area contributed by atoms with Gasteiger partial charge in [-0.3, -0.25) is 4.79 Å². The number of ether oxygens (including phenoxy) is 1. The number of nitrogens with two attached hydrogens (primary N) is 1. The van der Waals surface area contributed by atoms with E-state index in [1.165, 1.54) is 0 Å². The Morgan fingerprint density at radius 3 is 2.63 bits per heavy atom. The maximum Gasteiger partial charge on any atom is 0.236 e. The molecule has 1 atom stereocenters. The summed E-state index contributed by atoms with van der Waals surface area (Å²) in [6, 6.07) is -0.370. The molecule has 1 unspecified atom stereocenters. The van der Waals surface area contributed by atoms with E-state index in [9.17, 15) is 9.90 Å². The minimum Gasteiger partial charge on any atom is -0.409 e. The molecule has 7 heteroatoms. The summed E-state index contributed by atoms with van der Waals surface area (Å²) in [6.07, 6.45) is 0.876. The van der Waals surface area contributed by atoms with Crippen LogP contribution in [0.2, 0.25) is 0 Å². The van der Waals surface area contributed by atoms with Gasteiger partial charge in [0.1, 0.15) is 5.41 Å². The van der Waals surface area contributed by atoms with Crippen LogP contribution in [0.5, 0.6) is 0 Å². The van der Waals surface area contributed by atoms with Crippen LogP contribution in [0.4, 0.5) is 0 Å². The van der Waals surface area contributed by atoms with Crippen molar-refractivity contribution in [3.8, 4) is 0 Å². The number of carbonyl (C=O) groups is 1. The Bertz CT molecular complexity index is 342. The molecule has 1 fully saturated rings. The lowest BCUT2D eigenvalue weighted by atomic mass is 9.79. The van der Waals surface area contributed by atoms with Crippen LogP contribution < -0.4 is 5.73 Å². The third kappa shape index (κ3) is 2.82. The molecule has 0 aromatic rings. The zero-order valence-corrected chi connectivity index (χ0v) is 11.5. The molecule has 1 saturated heterocycles. The first kappa shape index (κ1) is 15.7. The number of aliphatic hydroxyl groups is 1. The average molecular weight is 273 g/mol. The fourth-order valence-corrected chi connectivity index (χ4v) is 2.47. The SMILES string of the molecule is CCC(CC)(C(=O)N1CCOCC1CO)C(N)=NO. The molecule has 19 heavy (non-hydrogen) atoms. The average Bonchev–Trinajstić information content (AvgIpc) is 2.48. The molecule has 1 aliphatic rings. The minimum atomic E-state index is -1.01. The molecular weight excluding hydrogens is 250 g/mol. The Hall–Kier alpha value is -1.34. The number of nitrogens with zero attached hydrogens (tertiary/aromatic N) is 2. The topological polar surface area (TPSA) is 108 Å². The van der Waals surface area contributed by atoms with Crippen molar-refractivity contribution >= 4 is 11.7 Å². The van der Waals surface area contributed by atoms with Crippen molar-refractivity contribution in [1.82, 2.24) is 4.90 Å². The number of carbonyl (C=O) groups excluding carboxylic acids is 1. The molecule has 0 radical (unpaired) electrons. The molecule has 1 amide bonds. The number of morpholine rings is 1. The fraction of sp³-hybridized carbons (Fsp3) is 0.833. The highest BCUT2D eigenvalue weighted by Crippen LogP contribution is 2.31. The van der Waals surface area contributed by atoms with Crippen molar-refractivity contribution in [2.75, 3.05) is 26.4 Å². The van der Waals surface area contributed by atoms with Crippen LogP contribution >= 0.6 is 0 Å². The van der Waals surface area contributed by atoms with Crippen LogP contribution in [0.3, 0.4) is 0 Å². The second-order valence-corrected chi connectivity index (χ2v) is 4.68. The Labute approximate surface area is 113 Å². The van der Waals surface area contributed by atoms with Gasteiger partial charge in [0.05, 0.1) is 25.9 Å². The summed E-state index contributed by atoms with van der Waals surface area (Å²) >= 11 is 0. The van der Waals surface area contributed by atoms with Crippen molar-refractivity contribution in [2.24, 2.45) is 16.3 Å². The van der Waals surface area contributed by atoms with Crippen molar-refractivity contribution in [3.63, 3.8) is 0 Å². The molecule has 0 aromatic heterocycles. The monoisotopic (exact) mass is 273 g/mol. The van der Waals surface area contributed by atoms with Gasteiger partial charge in [0, 0.05) is 6.54 Å². The Balaban J connectivity index is 3.05. The molecule has 0 aromatic carbocycles. The van der Waals surface area contributed by atoms with E-state index in [0.717, 1.165) is 0 Å². The molecule has 0 spiro atoms. The van der Waals surface area contributed by atoms with Crippen molar-refractivity contribution in [1.29, 1.82) is 0 Å². The molecule has 7 nitrogen and oxygen atoms in total. The maximum absolute atomic E-state index is 12.7. The highest BCUT2D eigenvalue weighted by Gasteiger charge is 2.44. The summed E-state index contributed by atoms with van der Waals surface area (Å²) in [5.41, 5.74) is 4.71. The maximum atomic E-state index is 12.7. The number of hydrogen-bond acceptors (Lipinski definition) is 5. The Morgan fingerprint density at radius 2 is 2.16 bits per heavy atom. The number of amidine groups is 1. The Morgan fingerprint density at radius 1 is 1.53 bits per heavy atom. The normalized spacial score (nSPS) is 21.5. The lowest BCUT2D eigenvalue weighted by Gasteiger charge is -2.40. The van der Waals surface area contributed by atoms with Crippen LogP contribution in [0.1, 0.15) is 26.7 Å². The third-order valence-corrected chi connectivity index (χ3v) is 3.91. The molecule has 110 valence electrons. The number of amides is 1. The van der Waals surface area contributed by atoms with Gasteiger partial charge in [-0.05, 0) is 12.8 Å². The van der Waals surface area contributed by atoms with Crippen molar-refractivity contribution in [3.05, 3.63) is 0 Å². The van der Waals surface area contributed by atoms with Gasteiger partial charge in [-0.2, -0.15) is 0 Å². The smallest absolute Gasteiger partial charge is 0.236 e. The van der Waals surface area contributed by atoms with E-state index in [4.69, 9.17) is 15.7 Å². The van der Waals surface area contributed by atoms with Crippen LogP contribution in [-0.4, -0.2) is 59.4 Å². The summed E-state index contributed by atoms with van der Waals surface area (Å²) in [5.74, 6) is -0.291. The van der Waals surface area contributed by atoms with Gasteiger partial charge < -0.3 is 25.7 Å². The zero-order valence-electron chi connectivity index (χ0n) is 11.5. The number of oxime groups is 1. The van der Waals surface area contributed by atoms with Gasteiger partial charge >= 0.3 is 0 Å². The fourth-order valence-electron chi connectivity index (χ4n) is 2.47. The molecule has 4 N–H and O–H groups in total. The highest BCUT2D eigenvalue weighted by atomic mass is 16.5. The van der Waals surface area contributed by atoms with Gasteiger partial charge in [0.25, 0.3) is 0 Å². The summed E-state index contributed by atoms with van der Waals surface area (Å²) in [7, 11) is 0. The van der Waals surface area contributed by atoms with Gasteiger partial charge in [-0.15, -0.1) is 0 Å². The van der Waals surface area contributed by atoms with Gasteiger partial charge in [-0.1, -0.05) is 19.0 Å². The van der Waals surface area contributed by atoms with Gasteiger partial charge in [-0.25, -0.2) is 0 Å². The second kappa shape index (κ2) is 6.72. The lowest BCUT2D eigenvalue weighted by Crippen LogP contribution is -2.58. The molecule has 1 heterocycles. The largest absolute Gasteiger partial charge is 0.409 e. The van der Waals surface area contributed by atoms with Crippen molar-refractivity contribution < 1.29 is 19.8 Å². The molecule has 1 rings (SSSR count). The zero-order chi connectivity index (χ0) is 14.5. The van der Waals surface area contributed by atoms with Crippen molar-refractivity contribution in [2.45, 2.75) is 32.7 Å². The predicted molar refractivity (Wildman–Crippen MR) is 69.8 cm³/mol. The summed E-state index contributed by atoms with van der Waals surface area (Å²) in [4.78, 5) is 14.3. The standard InChI is InChI=1S/C12H23N3O4/c1-3-12(4-2,10(13)14-18)11(17)15-5-6-19-8-9(15)7-16/h9,16,18H,3-8H2,1-2H3,(H2,13,14). The first-order valence-corrected chi connectivity index (χ1v) is 6.55. The van der Waals surface area contributed by atoms with E-state index >= 15 is 0 Å². The third-order valence-electron chi connectivity index (χ3n) is 3.91. The Kier molecular flexibility index (Phi) is 5.56. The summed E-state index contributed by atoms with van der Waals surface area (Å²) in [5, 5.41) is 21.3. The second-order valence-electron chi connectivity index (χ2n) is 4.68. The van der Waals surface area contributed by atoms with Crippen LogP contribution in [-0.2, 0) is 9.53 Å².